The molecule has 3 atom stereocenters. The minimum Gasteiger partial charge on any atom is -0.480 e. The number of nitrogens with one attached hydrogen (secondary N) is 1. The highest BCUT2D eigenvalue weighted by molar-refractivity contribution is 7.92. The van der Waals surface area contributed by atoms with Crippen molar-refractivity contribution in [2.24, 2.45) is 0 Å². The predicted octanol–water partition coefficient (Wildman–Crippen LogP) is 1.24. The molecule has 1 heterocycles. The Balaban J connectivity index is 2.37. The van der Waals surface area contributed by atoms with Crippen molar-refractivity contribution >= 4 is 27.4 Å². The zero-order chi connectivity index (χ0) is 14.2. The Bertz CT molecular complexity index is 584. The molecule has 0 saturated carbocycles. The van der Waals surface area contributed by atoms with Gasteiger partial charge in [-0.15, -0.1) is 0 Å². The third kappa shape index (κ3) is 2.91. The number of halogens is 1. The van der Waals surface area contributed by atoms with Crippen LogP contribution >= 0.6 is 11.6 Å². The Hall–Kier alpha value is -1.11. The smallest absolute Gasteiger partial charge is 0.321 e. The van der Waals surface area contributed by atoms with E-state index in [9.17, 15) is 13.2 Å². The number of rotatable bonds is 2. The minimum absolute atomic E-state index is 0.381. The van der Waals surface area contributed by atoms with E-state index in [4.69, 9.17) is 16.7 Å². The monoisotopic (exact) mass is 303 g/mol. The van der Waals surface area contributed by atoms with Gasteiger partial charge in [0.2, 0.25) is 0 Å². The molecule has 7 heteroatoms. The summed E-state index contributed by atoms with van der Waals surface area (Å²) >= 11 is 5.79. The maximum atomic E-state index is 12.0. The normalized spacial score (nSPS) is 29.9. The van der Waals surface area contributed by atoms with E-state index in [0.717, 1.165) is 0 Å². The molecular weight excluding hydrogens is 290 g/mol. The van der Waals surface area contributed by atoms with Crippen molar-refractivity contribution in [3.8, 4) is 0 Å². The van der Waals surface area contributed by atoms with Gasteiger partial charge in [-0.2, -0.15) is 0 Å². The maximum absolute atomic E-state index is 12.0. The first kappa shape index (κ1) is 14.3. The highest BCUT2D eigenvalue weighted by Crippen LogP contribution is 2.28. The van der Waals surface area contributed by atoms with Crippen LogP contribution in [0.2, 0.25) is 5.02 Å². The maximum Gasteiger partial charge on any atom is 0.321 e. The fourth-order valence-corrected chi connectivity index (χ4v) is 3.96. The molecule has 19 heavy (non-hydrogen) atoms. The molecule has 0 aliphatic carbocycles. The lowest BCUT2D eigenvalue weighted by atomic mass is 10.0. The van der Waals surface area contributed by atoms with E-state index in [2.05, 4.69) is 5.32 Å². The third-order valence-corrected chi connectivity index (χ3v) is 5.80. The van der Waals surface area contributed by atoms with Gasteiger partial charge < -0.3 is 5.11 Å². The largest absolute Gasteiger partial charge is 0.480 e. The van der Waals surface area contributed by atoms with Crippen molar-refractivity contribution < 1.29 is 18.3 Å². The van der Waals surface area contributed by atoms with E-state index in [1.165, 1.54) is 0 Å². The Morgan fingerprint density at radius 1 is 1.37 bits per heavy atom. The van der Waals surface area contributed by atoms with Crippen LogP contribution in [0.1, 0.15) is 18.5 Å². The van der Waals surface area contributed by atoms with Crippen LogP contribution in [0, 0.1) is 0 Å². The number of benzene rings is 1. The Morgan fingerprint density at radius 2 is 1.95 bits per heavy atom. The molecule has 2 N–H and O–H groups in total. The fourth-order valence-electron chi connectivity index (χ4n) is 2.17. The summed E-state index contributed by atoms with van der Waals surface area (Å²) in [6.45, 7) is 1.58. The van der Waals surface area contributed by atoms with Gasteiger partial charge in [-0.05, 0) is 24.6 Å². The second-order valence-electron chi connectivity index (χ2n) is 4.62. The standard InChI is InChI=1S/C12H14ClNO4S/c1-7-11(8-2-4-9(13)5-3-8)14-10(12(15)16)6-19(7,17)18/h2-5,7,10-11,14H,6H2,1H3,(H,15,16). The molecule has 0 radical (unpaired) electrons. The first-order chi connectivity index (χ1) is 8.81. The van der Waals surface area contributed by atoms with Gasteiger partial charge in [0.25, 0.3) is 0 Å². The van der Waals surface area contributed by atoms with Crippen LogP contribution in [0.3, 0.4) is 0 Å². The van der Waals surface area contributed by atoms with E-state index in [0.29, 0.717) is 10.6 Å². The van der Waals surface area contributed by atoms with Gasteiger partial charge in [-0.3, -0.25) is 10.1 Å². The molecule has 1 aromatic carbocycles. The van der Waals surface area contributed by atoms with Crippen LogP contribution in [0.25, 0.3) is 0 Å². The summed E-state index contributed by atoms with van der Waals surface area (Å²) in [7, 11) is -3.44. The molecule has 0 amide bonds. The third-order valence-electron chi connectivity index (χ3n) is 3.34. The molecule has 0 bridgehead atoms. The highest BCUT2D eigenvalue weighted by atomic mass is 35.5. The van der Waals surface area contributed by atoms with Crippen LogP contribution < -0.4 is 5.32 Å². The van der Waals surface area contributed by atoms with Crippen LogP contribution in [-0.2, 0) is 14.6 Å². The summed E-state index contributed by atoms with van der Waals surface area (Å²) < 4.78 is 24.0. The zero-order valence-corrected chi connectivity index (χ0v) is 11.8. The molecule has 1 aliphatic heterocycles. The average Bonchev–Trinajstić information content (AvgIpc) is 2.33. The van der Waals surface area contributed by atoms with Crippen molar-refractivity contribution in [2.75, 3.05) is 5.75 Å². The molecule has 1 aliphatic rings. The van der Waals surface area contributed by atoms with E-state index >= 15 is 0 Å². The number of sulfone groups is 1. The number of carboxylic acids is 1. The molecule has 2 rings (SSSR count). The Kier molecular flexibility index (Phi) is 3.85. The summed E-state index contributed by atoms with van der Waals surface area (Å²) in [5, 5.41) is 11.8. The molecule has 5 nitrogen and oxygen atoms in total. The number of carboxylic acid groups (broad SMARTS) is 1. The molecule has 1 fully saturated rings. The molecule has 1 saturated heterocycles. The van der Waals surface area contributed by atoms with E-state index in [1.807, 2.05) is 0 Å². The predicted molar refractivity (Wildman–Crippen MR) is 72.0 cm³/mol. The quantitative estimate of drug-likeness (QED) is 0.859. The van der Waals surface area contributed by atoms with Gasteiger partial charge in [-0.1, -0.05) is 23.7 Å². The SMILES string of the molecule is CC1C(c2ccc(Cl)cc2)NC(C(=O)O)CS1(=O)=O. The first-order valence-electron chi connectivity index (χ1n) is 5.77. The van der Waals surface area contributed by atoms with Crippen molar-refractivity contribution in [3.05, 3.63) is 34.9 Å². The van der Waals surface area contributed by atoms with Crippen LogP contribution in [-0.4, -0.2) is 36.5 Å². The van der Waals surface area contributed by atoms with E-state index in [-0.39, 0.29) is 5.75 Å². The first-order valence-corrected chi connectivity index (χ1v) is 7.86. The minimum atomic E-state index is -3.44. The summed E-state index contributed by atoms with van der Waals surface area (Å²) in [5.41, 5.74) is 0.714. The van der Waals surface area contributed by atoms with Crippen molar-refractivity contribution in [2.45, 2.75) is 24.3 Å². The molecule has 104 valence electrons. The Labute approximate surface area is 116 Å². The lowest BCUT2D eigenvalue weighted by Crippen LogP contribution is -2.54. The second kappa shape index (κ2) is 5.11. The average molecular weight is 304 g/mol. The van der Waals surface area contributed by atoms with Gasteiger partial charge in [0, 0.05) is 11.1 Å². The number of hydrogen-bond donors (Lipinski definition) is 2. The molecule has 0 spiro atoms. The van der Waals surface area contributed by atoms with E-state index < -0.39 is 33.1 Å². The van der Waals surface area contributed by atoms with Gasteiger partial charge in [0.15, 0.2) is 9.84 Å². The summed E-state index contributed by atoms with van der Waals surface area (Å²) in [4.78, 5) is 11.0. The number of aliphatic carboxylic acids is 1. The zero-order valence-electron chi connectivity index (χ0n) is 10.2. The van der Waals surface area contributed by atoms with Gasteiger partial charge >= 0.3 is 5.97 Å². The highest BCUT2D eigenvalue weighted by Gasteiger charge is 2.41. The summed E-state index contributed by atoms with van der Waals surface area (Å²) in [5.74, 6) is -1.54. The fraction of sp³-hybridized carbons (Fsp3) is 0.417. The van der Waals surface area contributed by atoms with Gasteiger partial charge in [0.1, 0.15) is 6.04 Å². The van der Waals surface area contributed by atoms with Crippen molar-refractivity contribution in [3.63, 3.8) is 0 Å². The summed E-state index contributed by atoms with van der Waals surface area (Å²) in [6, 6.07) is 5.09. The summed E-state index contributed by atoms with van der Waals surface area (Å²) in [6.07, 6.45) is 0. The molecule has 3 unspecified atom stereocenters. The van der Waals surface area contributed by atoms with Crippen LogP contribution in [0.5, 0.6) is 0 Å². The lowest BCUT2D eigenvalue weighted by molar-refractivity contribution is -0.139. The van der Waals surface area contributed by atoms with E-state index in [1.54, 1.807) is 31.2 Å². The molecule has 0 aromatic heterocycles. The van der Waals surface area contributed by atoms with Crippen LogP contribution in [0.4, 0.5) is 0 Å². The van der Waals surface area contributed by atoms with Gasteiger partial charge in [-0.25, -0.2) is 8.42 Å². The lowest BCUT2D eigenvalue weighted by Gasteiger charge is -2.34. The topological polar surface area (TPSA) is 83.5 Å². The van der Waals surface area contributed by atoms with Crippen LogP contribution in [0.15, 0.2) is 24.3 Å². The number of hydrogen-bond acceptors (Lipinski definition) is 4. The van der Waals surface area contributed by atoms with Crippen molar-refractivity contribution in [1.29, 1.82) is 0 Å². The molecule has 1 aromatic rings. The van der Waals surface area contributed by atoms with Crippen molar-refractivity contribution in [1.82, 2.24) is 5.32 Å². The number of carbonyl (C=O) groups is 1. The second-order valence-corrected chi connectivity index (χ2v) is 7.46. The Morgan fingerprint density at radius 3 is 2.47 bits per heavy atom. The molecular formula is C12H14ClNO4S. The van der Waals surface area contributed by atoms with Gasteiger partial charge in [0.05, 0.1) is 11.0 Å².